The highest BCUT2D eigenvalue weighted by Gasteiger charge is 2.45. The highest BCUT2D eigenvalue weighted by molar-refractivity contribution is 5.80. The molecule has 3 heteroatoms. The quantitative estimate of drug-likeness (QED) is 0.823. The maximum atomic E-state index is 12.6. The SMILES string of the molecule is CCCC(C)(C)NC(=O)C1CCC(N)C(C)C1(C)C. The molecule has 1 rings (SSSR count). The number of carbonyl (C=O) groups is 1. The van der Waals surface area contributed by atoms with Crippen molar-refractivity contribution in [1.82, 2.24) is 5.32 Å². The van der Waals surface area contributed by atoms with E-state index in [1.54, 1.807) is 0 Å². The van der Waals surface area contributed by atoms with Gasteiger partial charge in [-0.3, -0.25) is 4.79 Å². The van der Waals surface area contributed by atoms with Crippen LogP contribution in [0.25, 0.3) is 0 Å². The van der Waals surface area contributed by atoms with Crippen molar-refractivity contribution in [2.24, 2.45) is 23.0 Å². The zero-order chi connectivity index (χ0) is 14.8. The first-order valence-electron chi connectivity index (χ1n) is 7.69. The maximum Gasteiger partial charge on any atom is 0.224 e. The Morgan fingerprint density at radius 1 is 1.37 bits per heavy atom. The molecule has 112 valence electrons. The third-order valence-electron chi connectivity index (χ3n) is 5.16. The number of nitrogens with one attached hydrogen (secondary N) is 1. The lowest BCUT2D eigenvalue weighted by Crippen LogP contribution is -2.54. The molecule has 0 spiro atoms. The van der Waals surface area contributed by atoms with Gasteiger partial charge in [-0.15, -0.1) is 0 Å². The van der Waals surface area contributed by atoms with E-state index in [-0.39, 0.29) is 28.8 Å². The van der Waals surface area contributed by atoms with Crippen LogP contribution in [0.2, 0.25) is 0 Å². The van der Waals surface area contributed by atoms with Crippen molar-refractivity contribution in [3.05, 3.63) is 0 Å². The Balaban J connectivity index is 2.77. The molecule has 1 aliphatic carbocycles. The molecule has 3 atom stereocenters. The van der Waals surface area contributed by atoms with Gasteiger partial charge in [-0.1, -0.05) is 34.1 Å². The van der Waals surface area contributed by atoms with Crippen LogP contribution in [0.5, 0.6) is 0 Å². The normalized spacial score (nSPS) is 31.0. The lowest BCUT2D eigenvalue weighted by molar-refractivity contribution is -0.134. The minimum absolute atomic E-state index is 0.0238. The molecular formula is C16H32N2O. The number of rotatable bonds is 4. The summed E-state index contributed by atoms with van der Waals surface area (Å²) in [6.45, 7) is 12.9. The molecule has 0 heterocycles. The minimum atomic E-state index is -0.106. The van der Waals surface area contributed by atoms with Crippen LogP contribution in [-0.4, -0.2) is 17.5 Å². The molecule has 0 saturated heterocycles. The van der Waals surface area contributed by atoms with Crippen molar-refractivity contribution >= 4 is 5.91 Å². The van der Waals surface area contributed by atoms with Crippen LogP contribution in [0.3, 0.4) is 0 Å². The first-order chi connectivity index (χ1) is 8.62. The van der Waals surface area contributed by atoms with E-state index in [2.05, 4.69) is 46.9 Å². The molecule has 0 aromatic carbocycles. The van der Waals surface area contributed by atoms with Crippen molar-refractivity contribution in [3.8, 4) is 0 Å². The fourth-order valence-electron chi connectivity index (χ4n) is 3.43. The Hall–Kier alpha value is -0.570. The molecule has 3 unspecified atom stereocenters. The van der Waals surface area contributed by atoms with Gasteiger partial charge in [-0.25, -0.2) is 0 Å². The average molecular weight is 268 g/mol. The number of hydrogen-bond donors (Lipinski definition) is 2. The van der Waals surface area contributed by atoms with E-state index in [0.717, 1.165) is 25.7 Å². The van der Waals surface area contributed by atoms with E-state index in [9.17, 15) is 4.79 Å². The number of carbonyl (C=O) groups excluding carboxylic acids is 1. The van der Waals surface area contributed by atoms with E-state index >= 15 is 0 Å². The van der Waals surface area contributed by atoms with Gasteiger partial charge in [0.15, 0.2) is 0 Å². The van der Waals surface area contributed by atoms with Crippen molar-refractivity contribution in [2.45, 2.75) is 78.8 Å². The lowest BCUT2D eigenvalue weighted by Gasteiger charge is -2.46. The highest BCUT2D eigenvalue weighted by atomic mass is 16.2. The molecule has 0 aliphatic heterocycles. The van der Waals surface area contributed by atoms with Gasteiger partial charge in [0.1, 0.15) is 0 Å². The molecule has 1 fully saturated rings. The van der Waals surface area contributed by atoms with Gasteiger partial charge in [0.05, 0.1) is 0 Å². The lowest BCUT2D eigenvalue weighted by atomic mass is 9.61. The molecule has 0 radical (unpaired) electrons. The molecule has 1 aliphatic rings. The van der Waals surface area contributed by atoms with Gasteiger partial charge in [0.25, 0.3) is 0 Å². The van der Waals surface area contributed by atoms with Crippen molar-refractivity contribution in [3.63, 3.8) is 0 Å². The highest BCUT2D eigenvalue weighted by Crippen LogP contribution is 2.44. The molecule has 3 nitrogen and oxygen atoms in total. The summed E-state index contributed by atoms with van der Waals surface area (Å²) in [5, 5.41) is 3.24. The Morgan fingerprint density at radius 3 is 2.47 bits per heavy atom. The smallest absolute Gasteiger partial charge is 0.224 e. The van der Waals surface area contributed by atoms with Crippen LogP contribution in [0.15, 0.2) is 0 Å². The number of amides is 1. The predicted octanol–water partition coefficient (Wildman–Crippen LogP) is 3.08. The van der Waals surface area contributed by atoms with Gasteiger partial charge in [0.2, 0.25) is 5.91 Å². The van der Waals surface area contributed by atoms with Crippen LogP contribution in [-0.2, 0) is 4.79 Å². The number of hydrogen-bond acceptors (Lipinski definition) is 2. The standard InChI is InChI=1S/C16H32N2O/c1-7-10-15(3,4)18-14(19)12-8-9-13(17)11(2)16(12,5)6/h11-13H,7-10,17H2,1-6H3,(H,18,19). The Kier molecular flexibility index (Phi) is 5.05. The molecule has 1 amide bonds. The first kappa shape index (κ1) is 16.5. The van der Waals surface area contributed by atoms with Gasteiger partial charge < -0.3 is 11.1 Å². The minimum Gasteiger partial charge on any atom is -0.351 e. The topological polar surface area (TPSA) is 55.1 Å². The second kappa shape index (κ2) is 5.82. The van der Waals surface area contributed by atoms with Crippen molar-refractivity contribution in [2.75, 3.05) is 0 Å². The molecule has 0 aromatic rings. The summed E-state index contributed by atoms with van der Waals surface area (Å²) < 4.78 is 0. The van der Waals surface area contributed by atoms with Gasteiger partial charge in [-0.05, 0) is 44.4 Å². The van der Waals surface area contributed by atoms with Crippen LogP contribution < -0.4 is 11.1 Å². The Bertz CT molecular complexity index is 323. The van der Waals surface area contributed by atoms with Gasteiger partial charge in [-0.2, -0.15) is 0 Å². The zero-order valence-electron chi connectivity index (χ0n) is 13.5. The fraction of sp³-hybridized carbons (Fsp3) is 0.938. The summed E-state index contributed by atoms with van der Waals surface area (Å²) in [6, 6.07) is 0.225. The van der Waals surface area contributed by atoms with Crippen molar-refractivity contribution < 1.29 is 4.79 Å². The van der Waals surface area contributed by atoms with E-state index in [4.69, 9.17) is 5.73 Å². The summed E-state index contributed by atoms with van der Waals surface area (Å²) in [6.07, 6.45) is 3.97. The first-order valence-corrected chi connectivity index (χ1v) is 7.69. The van der Waals surface area contributed by atoms with Gasteiger partial charge in [0, 0.05) is 17.5 Å². The molecule has 19 heavy (non-hydrogen) atoms. The fourth-order valence-corrected chi connectivity index (χ4v) is 3.43. The van der Waals surface area contributed by atoms with E-state index in [1.165, 1.54) is 0 Å². The third kappa shape index (κ3) is 3.71. The summed E-state index contributed by atoms with van der Waals surface area (Å²) in [5.74, 6) is 0.673. The number of nitrogens with two attached hydrogens (primary N) is 1. The van der Waals surface area contributed by atoms with Crippen molar-refractivity contribution in [1.29, 1.82) is 0 Å². The van der Waals surface area contributed by atoms with Gasteiger partial charge >= 0.3 is 0 Å². The maximum absolute atomic E-state index is 12.6. The molecule has 0 aromatic heterocycles. The van der Waals surface area contributed by atoms with Crippen LogP contribution in [0, 0.1) is 17.3 Å². The summed E-state index contributed by atoms with van der Waals surface area (Å²) >= 11 is 0. The summed E-state index contributed by atoms with van der Waals surface area (Å²) in [4.78, 5) is 12.6. The Morgan fingerprint density at radius 2 is 1.95 bits per heavy atom. The van der Waals surface area contributed by atoms with E-state index in [1.807, 2.05) is 0 Å². The predicted molar refractivity (Wildman–Crippen MR) is 80.8 cm³/mol. The second-order valence-electron chi connectivity index (χ2n) is 7.53. The summed E-state index contributed by atoms with van der Waals surface area (Å²) in [5.41, 5.74) is 6.03. The molecular weight excluding hydrogens is 236 g/mol. The second-order valence-corrected chi connectivity index (χ2v) is 7.53. The largest absolute Gasteiger partial charge is 0.351 e. The van der Waals surface area contributed by atoms with E-state index < -0.39 is 0 Å². The van der Waals surface area contributed by atoms with Crippen LogP contribution in [0.1, 0.15) is 67.2 Å². The molecule has 1 saturated carbocycles. The third-order valence-corrected chi connectivity index (χ3v) is 5.16. The zero-order valence-corrected chi connectivity index (χ0v) is 13.5. The Labute approximate surface area is 118 Å². The molecule has 3 N–H and O–H groups in total. The van der Waals surface area contributed by atoms with Crippen LogP contribution in [0.4, 0.5) is 0 Å². The average Bonchev–Trinajstić information content (AvgIpc) is 2.24. The molecule has 0 bridgehead atoms. The monoisotopic (exact) mass is 268 g/mol. The summed E-state index contributed by atoms with van der Waals surface area (Å²) in [7, 11) is 0. The van der Waals surface area contributed by atoms with Crippen LogP contribution >= 0.6 is 0 Å². The van der Waals surface area contributed by atoms with E-state index in [0.29, 0.717) is 5.92 Å².